The second kappa shape index (κ2) is 6.20. The van der Waals surface area contributed by atoms with Gasteiger partial charge in [0.25, 0.3) is 0 Å². The van der Waals surface area contributed by atoms with Crippen LogP contribution in [0.4, 0.5) is 0 Å². The number of amides is 1. The Hall–Kier alpha value is -1.35. The van der Waals surface area contributed by atoms with E-state index in [1.54, 1.807) is 4.90 Å². The van der Waals surface area contributed by atoms with Crippen LogP contribution in [0.1, 0.15) is 43.7 Å². The zero-order chi connectivity index (χ0) is 13.8. The zero-order valence-corrected chi connectivity index (χ0v) is 12.1. The third-order valence-corrected chi connectivity index (χ3v) is 3.89. The largest absolute Gasteiger partial charge is 0.345 e. The van der Waals surface area contributed by atoms with Gasteiger partial charge >= 0.3 is 0 Å². The second-order valence-corrected chi connectivity index (χ2v) is 5.43. The minimum atomic E-state index is -0.128. The number of hydrogen-bond donors (Lipinski definition) is 1. The number of likely N-dealkylation sites (N-methyl/N-ethyl adjacent to an activating group) is 1. The van der Waals surface area contributed by atoms with Crippen molar-refractivity contribution in [3.63, 3.8) is 0 Å². The van der Waals surface area contributed by atoms with Crippen LogP contribution in [-0.4, -0.2) is 30.4 Å². The van der Waals surface area contributed by atoms with Crippen molar-refractivity contribution in [2.75, 3.05) is 13.6 Å². The number of hydrogen-bond acceptors (Lipinski definition) is 2. The summed E-state index contributed by atoms with van der Waals surface area (Å²) in [6.45, 7) is 5.46. The zero-order valence-electron chi connectivity index (χ0n) is 12.1. The summed E-state index contributed by atoms with van der Waals surface area (Å²) in [4.78, 5) is 13.7. The first-order valence-corrected chi connectivity index (χ1v) is 7.19. The van der Waals surface area contributed by atoms with Crippen molar-refractivity contribution < 1.29 is 4.79 Å². The molecule has 1 fully saturated rings. The van der Waals surface area contributed by atoms with Crippen molar-refractivity contribution in [2.45, 2.75) is 45.2 Å². The Kier molecular flexibility index (Phi) is 4.59. The van der Waals surface area contributed by atoms with Crippen LogP contribution >= 0.6 is 0 Å². The first-order valence-electron chi connectivity index (χ1n) is 7.19. The quantitative estimate of drug-likeness (QED) is 0.852. The number of nitrogens with zero attached hydrogens (tertiary/aromatic N) is 1. The molecule has 1 N–H and O–H groups in total. The lowest BCUT2D eigenvalue weighted by atomic mass is 10.0. The molecule has 1 aliphatic carbocycles. The van der Waals surface area contributed by atoms with E-state index >= 15 is 0 Å². The average molecular weight is 260 g/mol. The van der Waals surface area contributed by atoms with E-state index in [-0.39, 0.29) is 11.9 Å². The van der Waals surface area contributed by atoms with Crippen LogP contribution in [-0.2, 0) is 11.3 Å². The summed E-state index contributed by atoms with van der Waals surface area (Å²) in [7, 11) is 1.85. The summed E-state index contributed by atoms with van der Waals surface area (Å²) in [5, 5.41) is 3.35. The van der Waals surface area contributed by atoms with E-state index < -0.39 is 0 Å². The monoisotopic (exact) mass is 260 g/mol. The second-order valence-electron chi connectivity index (χ2n) is 5.43. The van der Waals surface area contributed by atoms with Crippen molar-refractivity contribution in [1.82, 2.24) is 10.2 Å². The summed E-state index contributed by atoms with van der Waals surface area (Å²) in [6.07, 6.45) is 2.62. The van der Waals surface area contributed by atoms with Gasteiger partial charge in [-0.2, -0.15) is 0 Å². The van der Waals surface area contributed by atoms with Crippen LogP contribution in [0.25, 0.3) is 0 Å². The molecule has 1 aliphatic rings. The molecule has 0 saturated heterocycles. The highest BCUT2D eigenvalue weighted by Gasteiger charge is 2.25. The van der Waals surface area contributed by atoms with E-state index in [0.717, 1.165) is 19.0 Å². The lowest BCUT2D eigenvalue weighted by Gasteiger charge is -2.21. The van der Waals surface area contributed by atoms with Crippen LogP contribution < -0.4 is 5.32 Å². The standard InChI is InChI=1S/C16H24N2O/c1-4-18(3)16(19)12(2)17-11-14-7-5-6-8-15(14)13-9-10-13/h5-8,12-13,17H,4,9-11H2,1-3H3. The molecule has 1 amide bonds. The van der Waals surface area contributed by atoms with Crippen LogP contribution in [0, 0.1) is 0 Å². The molecule has 0 bridgehead atoms. The van der Waals surface area contributed by atoms with Gasteiger partial charge in [-0.1, -0.05) is 24.3 Å². The van der Waals surface area contributed by atoms with Crippen molar-refractivity contribution >= 4 is 5.91 Å². The van der Waals surface area contributed by atoms with Gasteiger partial charge in [-0.3, -0.25) is 4.79 Å². The molecule has 0 spiro atoms. The van der Waals surface area contributed by atoms with E-state index in [4.69, 9.17) is 0 Å². The molecule has 0 radical (unpaired) electrons. The minimum absolute atomic E-state index is 0.128. The number of carbonyl (C=O) groups excluding carboxylic acids is 1. The van der Waals surface area contributed by atoms with E-state index in [9.17, 15) is 4.79 Å². The van der Waals surface area contributed by atoms with Gasteiger partial charge in [0.1, 0.15) is 0 Å². The normalized spacial score (nSPS) is 16.2. The van der Waals surface area contributed by atoms with Crippen LogP contribution in [0.3, 0.4) is 0 Å². The first kappa shape index (κ1) is 14.1. The molecule has 1 aromatic carbocycles. The minimum Gasteiger partial charge on any atom is -0.345 e. The maximum atomic E-state index is 12.0. The van der Waals surface area contributed by atoms with Crippen molar-refractivity contribution in [3.05, 3.63) is 35.4 Å². The molecule has 0 aromatic heterocycles. The van der Waals surface area contributed by atoms with Gasteiger partial charge in [0.2, 0.25) is 5.91 Å². The third-order valence-electron chi connectivity index (χ3n) is 3.89. The third kappa shape index (κ3) is 3.57. The van der Waals surface area contributed by atoms with Crippen LogP contribution in [0.5, 0.6) is 0 Å². The molecule has 2 rings (SSSR count). The Morgan fingerprint density at radius 2 is 2.11 bits per heavy atom. The Bertz CT molecular complexity index is 440. The topological polar surface area (TPSA) is 32.3 Å². The van der Waals surface area contributed by atoms with Gasteiger partial charge < -0.3 is 10.2 Å². The summed E-state index contributed by atoms with van der Waals surface area (Å²) < 4.78 is 0. The summed E-state index contributed by atoms with van der Waals surface area (Å²) in [5.41, 5.74) is 2.79. The first-order chi connectivity index (χ1) is 9.13. The molecule has 1 atom stereocenters. The molecule has 19 heavy (non-hydrogen) atoms. The van der Waals surface area contributed by atoms with E-state index in [1.807, 2.05) is 20.9 Å². The highest BCUT2D eigenvalue weighted by atomic mass is 16.2. The van der Waals surface area contributed by atoms with E-state index in [2.05, 4.69) is 29.6 Å². The number of benzene rings is 1. The molecular formula is C16H24N2O. The van der Waals surface area contributed by atoms with Gasteiger partial charge in [0, 0.05) is 20.1 Å². The number of nitrogens with one attached hydrogen (secondary N) is 1. The molecule has 1 unspecified atom stereocenters. The molecule has 1 aromatic rings. The van der Waals surface area contributed by atoms with E-state index in [0.29, 0.717) is 0 Å². The fourth-order valence-electron chi connectivity index (χ4n) is 2.32. The SMILES string of the molecule is CCN(C)C(=O)C(C)NCc1ccccc1C1CC1. The fraction of sp³-hybridized carbons (Fsp3) is 0.562. The maximum Gasteiger partial charge on any atom is 0.239 e. The van der Waals surface area contributed by atoms with Gasteiger partial charge in [0.15, 0.2) is 0 Å². The molecule has 0 aliphatic heterocycles. The fourth-order valence-corrected chi connectivity index (χ4v) is 2.32. The predicted molar refractivity (Wildman–Crippen MR) is 78.0 cm³/mol. The lowest BCUT2D eigenvalue weighted by molar-refractivity contribution is -0.131. The molecule has 104 valence electrons. The van der Waals surface area contributed by atoms with E-state index in [1.165, 1.54) is 24.0 Å². The molecule has 3 heteroatoms. The summed E-state index contributed by atoms with van der Waals surface area (Å²) in [6, 6.07) is 8.45. The average Bonchev–Trinajstić information content (AvgIpc) is 3.27. The van der Waals surface area contributed by atoms with Gasteiger partial charge in [-0.25, -0.2) is 0 Å². The van der Waals surface area contributed by atoms with Crippen molar-refractivity contribution in [2.24, 2.45) is 0 Å². The highest BCUT2D eigenvalue weighted by Crippen LogP contribution is 2.41. The Balaban J connectivity index is 1.93. The predicted octanol–water partition coefficient (Wildman–Crippen LogP) is 2.52. The number of rotatable bonds is 6. The lowest BCUT2D eigenvalue weighted by Crippen LogP contribution is -2.42. The van der Waals surface area contributed by atoms with Crippen molar-refractivity contribution in [3.8, 4) is 0 Å². The summed E-state index contributed by atoms with van der Waals surface area (Å²) >= 11 is 0. The number of carbonyl (C=O) groups is 1. The van der Waals surface area contributed by atoms with Crippen molar-refractivity contribution in [1.29, 1.82) is 0 Å². The summed E-state index contributed by atoms with van der Waals surface area (Å²) in [5.74, 6) is 0.911. The van der Waals surface area contributed by atoms with Crippen LogP contribution in [0.15, 0.2) is 24.3 Å². The molecular weight excluding hydrogens is 236 g/mol. The Morgan fingerprint density at radius 3 is 2.74 bits per heavy atom. The molecule has 0 heterocycles. The maximum absolute atomic E-state index is 12.0. The van der Waals surface area contributed by atoms with Gasteiger partial charge in [-0.15, -0.1) is 0 Å². The Morgan fingerprint density at radius 1 is 1.42 bits per heavy atom. The smallest absolute Gasteiger partial charge is 0.239 e. The highest BCUT2D eigenvalue weighted by molar-refractivity contribution is 5.81. The molecule has 3 nitrogen and oxygen atoms in total. The van der Waals surface area contributed by atoms with Gasteiger partial charge in [-0.05, 0) is 43.7 Å². The molecule has 1 saturated carbocycles. The van der Waals surface area contributed by atoms with Crippen LogP contribution in [0.2, 0.25) is 0 Å². The Labute approximate surface area is 116 Å². The van der Waals surface area contributed by atoms with Gasteiger partial charge in [0.05, 0.1) is 6.04 Å².